The molecule has 0 aliphatic carbocycles. The normalized spacial score (nSPS) is 11.0. The van der Waals surface area contributed by atoms with Crippen LogP contribution < -0.4 is 0 Å². The monoisotopic (exact) mass is 241 g/mol. The first-order chi connectivity index (χ1) is 8.17. The summed E-state index contributed by atoms with van der Waals surface area (Å²) < 4.78 is 6.97. The number of aromatic nitrogens is 2. The molecule has 1 heterocycles. The van der Waals surface area contributed by atoms with Crippen molar-refractivity contribution in [3.8, 4) is 0 Å². The molecule has 1 N–H and O–H groups in total. The lowest BCUT2D eigenvalue weighted by molar-refractivity contribution is -0.138. The molecule has 0 bridgehead atoms. The Morgan fingerprint density at radius 3 is 3.00 bits per heavy atom. The zero-order chi connectivity index (χ0) is 12.7. The fourth-order valence-electron chi connectivity index (χ4n) is 1.62. The molecule has 1 aromatic heterocycles. The van der Waals surface area contributed by atoms with Gasteiger partial charge in [0.25, 0.3) is 0 Å². The summed E-state index contributed by atoms with van der Waals surface area (Å²) in [5.41, 5.74) is 1.02. The van der Waals surface area contributed by atoms with Crippen molar-refractivity contribution in [2.24, 2.45) is 0 Å². The Morgan fingerprint density at radius 2 is 2.41 bits per heavy atom. The van der Waals surface area contributed by atoms with Gasteiger partial charge in [-0.3, -0.25) is 9.69 Å². The minimum atomic E-state index is -0.830. The third-order valence-electron chi connectivity index (χ3n) is 2.50. The van der Waals surface area contributed by atoms with Crippen LogP contribution >= 0.6 is 0 Å². The maximum atomic E-state index is 10.8. The van der Waals surface area contributed by atoms with Crippen molar-refractivity contribution in [3.05, 3.63) is 18.2 Å². The third-order valence-corrected chi connectivity index (χ3v) is 2.50. The second kappa shape index (κ2) is 7.03. The van der Waals surface area contributed by atoms with Gasteiger partial charge in [-0.25, -0.2) is 4.98 Å². The van der Waals surface area contributed by atoms with Gasteiger partial charge in [0.1, 0.15) is 0 Å². The number of aryl methyl sites for hydroxylation is 1. The van der Waals surface area contributed by atoms with Gasteiger partial charge in [-0.2, -0.15) is 0 Å². The van der Waals surface area contributed by atoms with Crippen LogP contribution in [0.5, 0.6) is 0 Å². The number of aliphatic carboxylic acids is 1. The largest absolute Gasteiger partial charge is 0.480 e. The number of carboxylic acids is 1. The standard InChI is InChI=1S/C11H19N3O3/c1-3-14-9-12-6-10(14)7-13(4-5-17-2)8-11(15)16/h6,9H,3-5,7-8H2,1-2H3,(H,15,16). The summed E-state index contributed by atoms with van der Waals surface area (Å²) in [6, 6.07) is 0. The van der Waals surface area contributed by atoms with E-state index in [1.807, 2.05) is 16.4 Å². The van der Waals surface area contributed by atoms with Gasteiger partial charge in [-0.1, -0.05) is 0 Å². The van der Waals surface area contributed by atoms with E-state index in [9.17, 15) is 4.79 Å². The average molecular weight is 241 g/mol. The van der Waals surface area contributed by atoms with Gasteiger partial charge in [0.05, 0.1) is 25.2 Å². The van der Waals surface area contributed by atoms with Crippen molar-refractivity contribution in [1.82, 2.24) is 14.5 Å². The van der Waals surface area contributed by atoms with Crippen LogP contribution in [0.15, 0.2) is 12.5 Å². The third kappa shape index (κ3) is 4.54. The van der Waals surface area contributed by atoms with Crippen molar-refractivity contribution in [1.29, 1.82) is 0 Å². The minimum Gasteiger partial charge on any atom is -0.480 e. The van der Waals surface area contributed by atoms with E-state index >= 15 is 0 Å². The summed E-state index contributed by atoms with van der Waals surface area (Å²) >= 11 is 0. The van der Waals surface area contributed by atoms with E-state index in [0.29, 0.717) is 19.7 Å². The molecule has 0 fully saturated rings. The maximum Gasteiger partial charge on any atom is 0.317 e. The van der Waals surface area contributed by atoms with E-state index in [4.69, 9.17) is 9.84 Å². The van der Waals surface area contributed by atoms with Crippen molar-refractivity contribution in [3.63, 3.8) is 0 Å². The fourth-order valence-corrected chi connectivity index (χ4v) is 1.62. The second-order valence-electron chi connectivity index (χ2n) is 3.77. The molecule has 0 aliphatic heterocycles. The Balaban J connectivity index is 2.61. The SMILES string of the molecule is CCn1cncc1CN(CCOC)CC(=O)O. The number of nitrogens with zero attached hydrogens (tertiary/aromatic N) is 3. The number of imidazole rings is 1. The first-order valence-electron chi connectivity index (χ1n) is 5.59. The molecule has 0 spiro atoms. The Bertz CT molecular complexity index is 351. The number of rotatable bonds is 8. The molecule has 0 atom stereocenters. The fraction of sp³-hybridized carbons (Fsp3) is 0.636. The quantitative estimate of drug-likeness (QED) is 0.715. The van der Waals surface area contributed by atoms with Gasteiger partial charge in [-0.05, 0) is 6.92 Å². The van der Waals surface area contributed by atoms with Crippen molar-refractivity contribution in [2.75, 3.05) is 26.8 Å². The molecular formula is C11H19N3O3. The average Bonchev–Trinajstić information content (AvgIpc) is 2.72. The van der Waals surface area contributed by atoms with Gasteiger partial charge >= 0.3 is 5.97 Å². The highest BCUT2D eigenvalue weighted by Gasteiger charge is 2.12. The van der Waals surface area contributed by atoms with Gasteiger partial charge in [0.2, 0.25) is 0 Å². The van der Waals surface area contributed by atoms with Crippen molar-refractivity contribution < 1.29 is 14.6 Å². The number of methoxy groups -OCH3 is 1. The number of hydrogen-bond donors (Lipinski definition) is 1. The lowest BCUT2D eigenvalue weighted by atomic mass is 10.3. The highest BCUT2D eigenvalue weighted by Crippen LogP contribution is 2.04. The first-order valence-corrected chi connectivity index (χ1v) is 5.59. The molecule has 96 valence electrons. The highest BCUT2D eigenvalue weighted by atomic mass is 16.5. The molecule has 6 nitrogen and oxygen atoms in total. The van der Waals surface area contributed by atoms with Crippen LogP contribution in [-0.4, -0.2) is 52.3 Å². The Morgan fingerprint density at radius 1 is 1.65 bits per heavy atom. The predicted octanol–water partition coefficient (Wildman–Crippen LogP) is 0.436. The number of carboxylic acid groups (broad SMARTS) is 1. The summed E-state index contributed by atoms with van der Waals surface area (Å²) in [5, 5.41) is 8.83. The minimum absolute atomic E-state index is 0.0122. The van der Waals surface area contributed by atoms with Gasteiger partial charge in [-0.15, -0.1) is 0 Å². The number of carbonyl (C=O) groups is 1. The lowest BCUT2D eigenvalue weighted by Gasteiger charge is -2.20. The summed E-state index contributed by atoms with van der Waals surface area (Å²) in [6.45, 7) is 4.56. The summed E-state index contributed by atoms with van der Waals surface area (Å²) in [6.07, 6.45) is 3.52. The molecule has 17 heavy (non-hydrogen) atoms. The second-order valence-corrected chi connectivity index (χ2v) is 3.77. The predicted molar refractivity (Wildman–Crippen MR) is 62.7 cm³/mol. The van der Waals surface area contributed by atoms with Crippen LogP contribution in [0, 0.1) is 0 Å². The summed E-state index contributed by atoms with van der Waals surface area (Å²) in [5.74, 6) is -0.830. The molecular weight excluding hydrogens is 222 g/mol. The zero-order valence-corrected chi connectivity index (χ0v) is 10.3. The van der Waals surface area contributed by atoms with Crippen LogP contribution in [0.3, 0.4) is 0 Å². The molecule has 6 heteroatoms. The maximum absolute atomic E-state index is 10.8. The topological polar surface area (TPSA) is 67.6 Å². The summed E-state index contributed by atoms with van der Waals surface area (Å²) in [7, 11) is 1.61. The smallest absolute Gasteiger partial charge is 0.317 e. The van der Waals surface area contributed by atoms with E-state index in [1.54, 1.807) is 19.6 Å². The van der Waals surface area contributed by atoms with Crippen molar-refractivity contribution >= 4 is 5.97 Å². The molecule has 1 rings (SSSR count). The molecule has 1 aromatic rings. The molecule has 0 amide bonds. The van der Waals surface area contributed by atoms with Crippen LogP contribution in [0.1, 0.15) is 12.6 Å². The molecule has 0 aliphatic rings. The highest BCUT2D eigenvalue weighted by molar-refractivity contribution is 5.69. The molecule has 0 unspecified atom stereocenters. The number of hydrogen-bond acceptors (Lipinski definition) is 4. The molecule has 0 radical (unpaired) electrons. The van der Waals surface area contributed by atoms with Crippen LogP contribution in [0.2, 0.25) is 0 Å². The van der Waals surface area contributed by atoms with E-state index in [-0.39, 0.29) is 6.54 Å². The lowest BCUT2D eigenvalue weighted by Crippen LogP contribution is -2.32. The van der Waals surface area contributed by atoms with E-state index < -0.39 is 5.97 Å². The number of ether oxygens (including phenoxy) is 1. The van der Waals surface area contributed by atoms with E-state index in [2.05, 4.69) is 4.98 Å². The Labute approximate surface area is 101 Å². The Hall–Kier alpha value is -1.40. The zero-order valence-electron chi connectivity index (χ0n) is 10.3. The van der Waals surface area contributed by atoms with Gasteiger partial charge < -0.3 is 14.4 Å². The molecule has 0 saturated heterocycles. The van der Waals surface area contributed by atoms with Crippen molar-refractivity contribution in [2.45, 2.75) is 20.0 Å². The van der Waals surface area contributed by atoms with Crippen LogP contribution in [-0.2, 0) is 22.6 Å². The van der Waals surface area contributed by atoms with Crippen LogP contribution in [0.4, 0.5) is 0 Å². The summed E-state index contributed by atoms with van der Waals surface area (Å²) in [4.78, 5) is 16.6. The van der Waals surface area contributed by atoms with Gasteiger partial charge in [0, 0.05) is 32.9 Å². The molecule has 0 aromatic carbocycles. The van der Waals surface area contributed by atoms with Crippen LogP contribution in [0.25, 0.3) is 0 Å². The van der Waals surface area contributed by atoms with E-state index in [1.165, 1.54) is 0 Å². The first kappa shape index (κ1) is 13.7. The van der Waals surface area contributed by atoms with E-state index in [0.717, 1.165) is 12.2 Å². The Kier molecular flexibility index (Phi) is 5.65. The molecule has 0 saturated carbocycles. The van der Waals surface area contributed by atoms with Gasteiger partial charge in [0.15, 0.2) is 0 Å².